The molecule has 37 heavy (non-hydrogen) atoms. The number of benzene rings is 3. The standard InChI is InChI=1S/C28H21FN2O5S/c1-3-12-35-20-11-8-15(13-21(20)34-2)24-23-25(32)17-6-4-5-7-19(17)36-26(23)27(33)31(24)28-30-18-10-9-16(29)14-22(18)37-28/h4-11,13-14,24H,3,12H2,1-2H3/t24-/m1/s1. The van der Waals surface area contributed by atoms with Crippen LogP contribution in [0.25, 0.3) is 21.2 Å². The van der Waals surface area contributed by atoms with Crippen LogP contribution in [0.3, 0.4) is 0 Å². The number of fused-ring (bicyclic) bond motifs is 3. The molecule has 1 aliphatic heterocycles. The van der Waals surface area contributed by atoms with Crippen LogP contribution in [-0.2, 0) is 0 Å². The molecule has 0 saturated heterocycles. The summed E-state index contributed by atoms with van der Waals surface area (Å²) in [6.07, 6.45) is 0.829. The number of halogens is 1. The second-order valence-electron chi connectivity index (χ2n) is 8.62. The summed E-state index contributed by atoms with van der Waals surface area (Å²) in [5.74, 6) is 0.108. The van der Waals surface area contributed by atoms with Crippen LogP contribution in [0.5, 0.6) is 11.5 Å². The fraction of sp³-hybridized carbons (Fsp3) is 0.179. The molecule has 0 bridgehead atoms. The third-order valence-electron chi connectivity index (χ3n) is 6.29. The molecule has 1 aliphatic rings. The lowest BCUT2D eigenvalue weighted by Crippen LogP contribution is -2.29. The zero-order valence-corrected chi connectivity index (χ0v) is 20.8. The highest BCUT2D eigenvalue weighted by molar-refractivity contribution is 7.22. The summed E-state index contributed by atoms with van der Waals surface area (Å²) in [7, 11) is 1.54. The first-order valence-electron chi connectivity index (χ1n) is 11.8. The van der Waals surface area contributed by atoms with Crippen LogP contribution in [0.15, 0.2) is 69.9 Å². The fourth-order valence-corrected chi connectivity index (χ4v) is 5.62. The van der Waals surface area contributed by atoms with E-state index in [0.29, 0.717) is 50.0 Å². The number of carbonyl (C=O) groups excluding carboxylic acids is 1. The number of nitrogens with zero attached hydrogens (tertiary/aromatic N) is 2. The lowest BCUT2D eigenvalue weighted by Gasteiger charge is -2.23. The van der Waals surface area contributed by atoms with Crippen molar-refractivity contribution in [3.8, 4) is 11.5 Å². The molecule has 9 heteroatoms. The normalized spacial score (nSPS) is 14.9. The lowest BCUT2D eigenvalue weighted by atomic mass is 9.98. The molecule has 1 amide bonds. The summed E-state index contributed by atoms with van der Waals surface area (Å²) in [5, 5.41) is 0.706. The number of hydrogen-bond donors (Lipinski definition) is 0. The number of anilines is 1. The van der Waals surface area contributed by atoms with Gasteiger partial charge in [-0.25, -0.2) is 9.37 Å². The van der Waals surface area contributed by atoms with E-state index in [1.165, 1.54) is 35.5 Å². The van der Waals surface area contributed by atoms with Crippen molar-refractivity contribution >= 4 is 43.6 Å². The van der Waals surface area contributed by atoms with Crippen LogP contribution in [-0.4, -0.2) is 24.6 Å². The highest BCUT2D eigenvalue weighted by Crippen LogP contribution is 2.45. The van der Waals surface area contributed by atoms with Crippen molar-refractivity contribution in [2.75, 3.05) is 18.6 Å². The van der Waals surface area contributed by atoms with Gasteiger partial charge in [-0.1, -0.05) is 36.5 Å². The largest absolute Gasteiger partial charge is 0.493 e. The quantitative estimate of drug-likeness (QED) is 0.272. The van der Waals surface area contributed by atoms with Gasteiger partial charge in [0.2, 0.25) is 5.76 Å². The average molecular weight is 517 g/mol. The Morgan fingerprint density at radius 1 is 1.08 bits per heavy atom. The van der Waals surface area contributed by atoms with Gasteiger partial charge in [0.05, 0.1) is 40.9 Å². The Morgan fingerprint density at radius 3 is 2.73 bits per heavy atom. The van der Waals surface area contributed by atoms with Gasteiger partial charge < -0.3 is 13.9 Å². The van der Waals surface area contributed by atoms with Gasteiger partial charge in [0.25, 0.3) is 5.91 Å². The molecule has 7 nitrogen and oxygen atoms in total. The van der Waals surface area contributed by atoms with Crippen molar-refractivity contribution in [2.24, 2.45) is 0 Å². The van der Waals surface area contributed by atoms with E-state index in [0.717, 1.165) is 6.42 Å². The van der Waals surface area contributed by atoms with Crippen molar-refractivity contribution in [1.29, 1.82) is 0 Å². The molecule has 0 fully saturated rings. The second-order valence-corrected chi connectivity index (χ2v) is 9.62. The number of ether oxygens (including phenoxy) is 2. The third-order valence-corrected chi connectivity index (χ3v) is 7.31. The molecule has 3 aromatic carbocycles. The van der Waals surface area contributed by atoms with Crippen molar-refractivity contribution in [2.45, 2.75) is 19.4 Å². The maximum atomic E-state index is 13.9. The summed E-state index contributed by atoms with van der Waals surface area (Å²) >= 11 is 1.17. The number of methoxy groups -OCH3 is 1. The van der Waals surface area contributed by atoms with Crippen molar-refractivity contribution in [3.05, 3.63) is 93.6 Å². The molecule has 0 unspecified atom stereocenters. The van der Waals surface area contributed by atoms with Gasteiger partial charge in [0.15, 0.2) is 22.1 Å². The summed E-state index contributed by atoms with van der Waals surface area (Å²) in [6.45, 7) is 2.53. The zero-order valence-electron chi connectivity index (χ0n) is 20.0. The third kappa shape index (κ3) is 3.74. The number of thiazole rings is 1. The van der Waals surface area contributed by atoms with Gasteiger partial charge in [-0.15, -0.1) is 0 Å². The Labute approximate surface area is 214 Å². The molecule has 0 N–H and O–H groups in total. The molecule has 2 aromatic heterocycles. The maximum absolute atomic E-state index is 13.9. The first-order valence-corrected chi connectivity index (χ1v) is 12.6. The average Bonchev–Trinajstić information content (AvgIpc) is 3.45. The van der Waals surface area contributed by atoms with Crippen LogP contribution in [0.2, 0.25) is 0 Å². The van der Waals surface area contributed by atoms with E-state index in [1.807, 2.05) is 6.92 Å². The van der Waals surface area contributed by atoms with E-state index in [-0.39, 0.29) is 16.8 Å². The van der Waals surface area contributed by atoms with Crippen LogP contribution in [0.1, 0.15) is 41.1 Å². The Kier molecular flexibility index (Phi) is 5.64. The minimum absolute atomic E-state index is 0.0376. The first kappa shape index (κ1) is 23.2. The minimum atomic E-state index is -0.831. The number of carbonyl (C=O) groups is 1. The van der Waals surface area contributed by atoms with Crippen molar-refractivity contribution in [3.63, 3.8) is 0 Å². The van der Waals surface area contributed by atoms with Gasteiger partial charge in [-0.2, -0.15) is 0 Å². The highest BCUT2D eigenvalue weighted by atomic mass is 32.1. The van der Waals surface area contributed by atoms with Crippen LogP contribution >= 0.6 is 11.3 Å². The maximum Gasteiger partial charge on any atom is 0.297 e. The van der Waals surface area contributed by atoms with Gasteiger partial charge >= 0.3 is 0 Å². The van der Waals surface area contributed by atoms with Gasteiger partial charge in [0, 0.05) is 0 Å². The fourth-order valence-electron chi connectivity index (χ4n) is 4.61. The van der Waals surface area contributed by atoms with E-state index >= 15 is 0 Å². The molecule has 3 heterocycles. The number of amides is 1. The second kappa shape index (κ2) is 9.01. The van der Waals surface area contributed by atoms with Crippen LogP contribution in [0.4, 0.5) is 9.52 Å². The lowest BCUT2D eigenvalue weighted by molar-refractivity contribution is 0.0971. The Hall–Kier alpha value is -4.24. The van der Waals surface area contributed by atoms with Gasteiger partial charge in [-0.3, -0.25) is 14.5 Å². The summed E-state index contributed by atoms with van der Waals surface area (Å²) in [5.41, 5.74) is 1.43. The van der Waals surface area contributed by atoms with E-state index in [1.54, 1.807) is 48.5 Å². The minimum Gasteiger partial charge on any atom is -0.493 e. The Balaban J connectivity index is 1.59. The molecule has 6 rings (SSSR count). The molecular weight excluding hydrogens is 495 g/mol. The van der Waals surface area contributed by atoms with E-state index in [9.17, 15) is 14.0 Å². The first-order chi connectivity index (χ1) is 18.0. The molecule has 0 saturated carbocycles. The molecule has 186 valence electrons. The summed E-state index contributed by atoms with van der Waals surface area (Å²) in [6, 6.07) is 15.6. The SMILES string of the molecule is CCCOc1ccc([C@@H]2c3c(oc4ccccc4c3=O)C(=O)N2c2nc3ccc(F)cc3s2)cc1OC. The molecular formula is C28H21FN2O5S. The smallest absolute Gasteiger partial charge is 0.297 e. The Bertz CT molecular complexity index is 1740. The van der Waals surface area contributed by atoms with Gasteiger partial charge in [0.1, 0.15) is 11.4 Å². The van der Waals surface area contributed by atoms with Crippen molar-refractivity contribution < 1.29 is 23.1 Å². The van der Waals surface area contributed by atoms with Crippen LogP contribution in [0, 0.1) is 5.82 Å². The molecule has 0 spiro atoms. The van der Waals surface area contributed by atoms with E-state index in [4.69, 9.17) is 13.9 Å². The number of para-hydroxylation sites is 1. The predicted octanol–water partition coefficient (Wildman–Crippen LogP) is 6.09. The van der Waals surface area contributed by atoms with E-state index in [2.05, 4.69) is 4.98 Å². The molecule has 0 aliphatic carbocycles. The van der Waals surface area contributed by atoms with Crippen LogP contribution < -0.4 is 19.8 Å². The van der Waals surface area contributed by atoms with E-state index < -0.39 is 17.8 Å². The number of hydrogen-bond acceptors (Lipinski definition) is 7. The monoisotopic (exact) mass is 516 g/mol. The predicted molar refractivity (Wildman–Crippen MR) is 139 cm³/mol. The topological polar surface area (TPSA) is 81.9 Å². The number of rotatable bonds is 6. The zero-order chi connectivity index (χ0) is 25.7. The Morgan fingerprint density at radius 2 is 1.92 bits per heavy atom. The molecule has 0 radical (unpaired) electrons. The molecule has 5 aromatic rings. The summed E-state index contributed by atoms with van der Waals surface area (Å²) < 4.78 is 31.9. The van der Waals surface area contributed by atoms with Gasteiger partial charge in [-0.05, 0) is 54.4 Å². The number of aromatic nitrogens is 1. The summed E-state index contributed by atoms with van der Waals surface area (Å²) in [4.78, 5) is 33.6. The highest BCUT2D eigenvalue weighted by Gasteiger charge is 2.45. The molecule has 1 atom stereocenters. The van der Waals surface area contributed by atoms with Crippen molar-refractivity contribution in [1.82, 2.24) is 4.98 Å².